The van der Waals surface area contributed by atoms with Crippen LogP contribution in [0.25, 0.3) is 0 Å². The number of anilines is 1. The quantitative estimate of drug-likeness (QED) is 0.890. The molecule has 0 bridgehead atoms. The van der Waals surface area contributed by atoms with Gasteiger partial charge in [-0.1, -0.05) is 0 Å². The average Bonchev–Trinajstić information content (AvgIpc) is 2.77. The SMILES string of the molecule is Cc1cncc(C(=O)Nc2ccsc2C(=O)O)c1. The first-order valence-corrected chi connectivity index (χ1v) is 5.99. The zero-order valence-corrected chi connectivity index (χ0v) is 10.3. The molecule has 0 aliphatic rings. The number of carbonyl (C=O) groups excluding carboxylic acids is 1. The van der Waals surface area contributed by atoms with E-state index in [0.717, 1.165) is 16.9 Å². The Kier molecular flexibility index (Phi) is 3.38. The molecule has 0 aromatic carbocycles. The molecule has 18 heavy (non-hydrogen) atoms. The molecule has 2 aromatic heterocycles. The summed E-state index contributed by atoms with van der Waals surface area (Å²) in [6.07, 6.45) is 3.08. The first kappa shape index (κ1) is 12.3. The first-order valence-electron chi connectivity index (χ1n) is 5.11. The van der Waals surface area contributed by atoms with Crippen molar-refractivity contribution in [2.24, 2.45) is 0 Å². The van der Waals surface area contributed by atoms with Crippen molar-refractivity contribution < 1.29 is 14.7 Å². The molecule has 2 N–H and O–H groups in total. The smallest absolute Gasteiger partial charge is 0.348 e. The molecule has 6 heteroatoms. The van der Waals surface area contributed by atoms with Crippen molar-refractivity contribution >= 4 is 28.9 Å². The van der Waals surface area contributed by atoms with E-state index in [-0.39, 0.29) is 10.8 Å². The highest BCUT2D eigenvalue weighted by Gasteiger charge is 2.15. The number of nitrogens with one attached hydrogen (secondary N) is 1. The van der Waals surface area contributed by atoms with E-state index in [4.69, 9.17) is 5.11 Å². The number of carboxylic acids is 1. The van der Waals surface area contributed by atoms with Crippen LogP contribution in [0.5, 0.6) is 0 Å². The fourth-order valence-electron chi connectivity index (χ4n) is 1.45. The van der Waals surface area contributed by atoms with Crippen LogP contribution in [-0.4, -0.2) is 22.0 Å². The summed E-state index contributed by atoms with van der Waals surface area (Å²) in [6, 6.07) is 3.25. The second-order valence-corrected chi connectivity index (χ2v) is 4.59. The molecule has 92 valence electrons. The number of thiophene rings is 1. The summed E-state index contributed by atoms with van der Waals surface area (Å²) >= 11 is 1.07. The van der Waals surface area contributed by atoms with Gasteiger partial charge in [0.1, 0.15) is 4.88 Å². The Balaban J connectivity index is 2.21. The highest BCUT2D eigenvalue weighted by Crippen LogP contribution is 2.22. The number of rotatable bonds is 3. The Morgan fingerprint density at radius 3 is 2.83 bits per heavy atom. The van der Waals surface area contributed by atoms with Gasteiger partial charge in [0, 0.05) is 12.4 Å². The average molecular weight is 262 g/mol. The zero-order valence-electron chi connectivity index (χ0n) is 9.51. The summed E-state index contributed by atoms with van der Waals surface area (Å²) in [5.74, 6) is -1.42. The van der Waals surface area contributed by atoms with Crippen molar-refractivity contribution in [1.82, 2.24) is 4.98 Å². The summed E-state index contributed by atoms with van der Waals surface area (Å²) in [5.41, 5.74) is 1.57. The van der Waals surface area contributed by atoms with Gasteiger partial charge in [0.15, 0.2) is 0 Å². The minimum atomic E-state index is -1.05. The third kappa shape index (κ3) is 2.54. The molecule has 0 radical (unpaired) electrons. The van der Waals surface area contributed by atoms with Gasteiger partial charge in [-0.2, -0.15) is 0 Å². The Hall–Kier alpha value is -2.21. The number of nitrogens with zero attached hydrogens (tertiary/aromatic N) is 1. The number of carboxylic acid groups (broad SMARTS) is 1. The van der Waals surface area contributed by atoms with Crippen molar-refractivity contribution in [3.63, 3.8) is 0 Å². The summed E-state index contributed by atoms with van der Waals surface area (Å²) in [6.45, 7) is 1.83. The fraction of sp³-hybridized carbons (Fsp3) is 0.0833. The molecule has 2 heterocycles. The van der Waals surface area contributed by atoms with Crippen LogP contribution in [0.4, 0.5) is 5.69 Å². The van der Waals surface area contributed by atoms with Crippen molar-refractivity contribution in [2.75, 3.05) is 5.32 Å². The number of aromatic nitrogens is 1. The van der Waals surface area contributed by atoms with Crippen molar-refractivity contribution in [3.8, 4) is 0 Å². The molecular weight excluding hydrogens is 252 g/mol. The second-order valence-electron chi connectivity index (χ2n) is 3.67. The van der Waals surface area contributed by atoms with Crippen LogP contribution in [0.3, 0.4) is 0 Å². The standard InChI is InChI=1S/C12H10N2O3S/c1-7-4-8(6-13-5-7)11(15)14-9-2-3-18-10(9)12(16)17/h2-6H,1H3,(H,14,15)(H,16,17). The maximum atomic E-state index is 11.9. The van der Waals surface area contributed by atoms with Gasteiger partial charge in [-0.25, -0.2) is 4.79 Å². The molecule has 0 atom stereocenters. The van der Waals surface area contributed by atoms with Crippen LogP contribution in [0.15, 0.2) is 29.9 Å². The van der Waals surface area contributed by atoms with E-state index in [1.54, 1.807) is 23.7 Å². The van der Waals surface area contributed by atoms with E-state index in [9.17, 15) is 9.59 Å². The fourth-order valence-corrected chi connectivity index (χ4v) is 2.13. The van der Waals surface area contributed by atoms with E-state index in [1.807, 2.05) is 6.92 Å². The maximum Gasteiger partial charge on any atom is 0.348 e. The molecule has 0 saturated carbocycles. The normalized spacial score (nSPS) is 10.1. The zero-order chi connectivity index (χ0) is 13.1. The highest BCUT2D eigenvalue weighted by atomic mass is 32.1. The summed E-state index contributed by atoms with van der Waals surface area (Å²) in [5, 5.41) is 13.1. The molecule has 0 spiro atoms. The molecule has 0 fully saturated rings. The molecule has 0 unspecified atom stereocenters. The van der Waals surface area contributed by atoms with E-state index < -0.39 is 5.97 Å². The van der Waals surface area contributed by atoms with Crippen LogP contribution >= 0.6 is 11.3 Å². The summed E-state index contributed by atoms with van der Waals surface area (Å²) < 4.78 is 0. The van der Waals surface area contributed by atoms with E-state index in [0.29, 0.717) is 11.3 Å². The first-order chi connectivity index (χ1) is 8.58. The molecule has 1 amide bonds. The van der Waals surface area contributed by atoms with E-state index in [2.05, 4.69) is 10.3 Å². The Labute approximate surface area is 107 Å². The minimum Gasteiger partial charge on any atom is -0.477 e. The topological polar surface area (TPSA) is 79.3 Å². The van der Waals surface area contributed by atoms with Gasteiger partial charge < -0.3 is 10.4 Å². The number of carbonyl (C=O) groups is 2. The van der Waals surface area contributed by atoms with Crippen LogP contribution < -0.4 is 5.32 Å². The Bertz CT molecular complexity index is 607. The van der Waals surface area contributed by atoms with Gasteiger partial charge >= 0.3 is 5.97 Å². The Morgan fingerprint density at radius 2 is 2.17 bits per heavy atom. The largest absolute Gasteiger partial charge is 0.477 e. The van der Waals surface area contributed by atoms with E-state index >= 15 is 0 Å². The second kappa shape index (κ2) is 4.97. The molecule has 5 nitrogen and oxygen atoms in total. The predicted octanol–water partition coefficient (Wildman–Crippen LogP) is 2.40. The molecule has 0 aliphatic carbocycles. The number of aromatic carboxylic acids is 1. The lowest BCUT2D eigenvalue weighted by Crippen LogP contribution is -2.13. The number of amides is 1. The van der Waals surface area contributed by atoms with Gasteiger partial charge in [-0.15, -0.1) is 11.3 Å². The van der Waals surface area contributed by atoms with Gasteiger partial charge in [-0.3, -0.25) is 9.78 Å². The molecule has 0 aliphatic heterocycles. The number of hydrogen-bond donors (Lipinski definition) is 2. The number of pyridine rings is 1. The van der Waals surface area contributed by atoms with Gasteiger partial charge in [0.2, 0.25) is 0 Å². The van der Waals surface area contributed by atoms with E-state index in [1.165, 1.54) is 6.20 Å². The van der Waals surface area contributed by atoms with Gasteiger partial charge in [0.25, 0.3) is 5.91 Å². The van der Waals surface area contributed by atoms with Crippen LogP contribution in [0.2, 0.25) is 0 Å². The molecule has 2 aromatic rings. The maximum absolute atomic E-state index is 11.9. The van der Waals surface area contributed by atoms with Crippen LogP contribution in [0, 0.1) is 6.92 Å². The van der Waals surface area contributed by atoms with Crippen molar-refractivity contribution in [2.45, 2.75) is 6.92 Å². The molecular formula is C12H10N2O3S. The lowest BCUT2D eigenvalue weighted by Gasteiger charge is -2.04. The van der Waals surface area contributed by atoms with Crippen molar-refractivity contribution in [3.05, 3.63) is 45.9 Å². The lowest BCUT2D eigenvalue weighted by atomic mass is 10.2. The Morgan fingerprint density at radius 1 is 1.39 bits per heavy atom. The van der Waals surface area contributed by atoms with Crippen LogP contribution in [-0.2, 0) is 0 Å². The third-order valence-corrected chi connectivity index (χ3v) is 3.15. The van der Waals surface area contributed by atoms with Gasteiger partial charge in [0.05, 0.1) is 11.3 Å². The highest BCUT2D eigenvalue weighted by molar-refractivity contribution is 7.12. The van der Waals surface area contributed by atoms with Crippen molar-refractivity contribution in [1.29, 1.82) is 0 Å². The van der Waals surface area contributed by atoms with Crippen LogP contribution in [0.1, 0.15) is 25.6 Å². The summed E-state index contributed by atoms with van der Waals surface area (Å²) in [4.78, 5) is 26.8. The molecule has 0 saturated heterocycles. The number of aryl methyl sites for hydroxylation is 1. The number of hydrogen-bond acceptors (Lipinski definition) is 4. The minimum absolute atomic E-state index is 0.115. The molecule has 2 rings (SSSR count). The monoisotopic (exact) mass is 262 g/mol. The lowest BCUT2D eigenvalue weighted by molar-refractivity contribution is 0.0703. The third-order valence-electron chi connectivity index (χ3n) is 2.24. The summed E-state index contributed by atoms with van der Waals surface area (Å²) in [7, 11) is 0. The van der Waals surface area contributed by atoms with Gasteiger partial charge in [-0.05, 0) is 30.0 Å². The predicted molar refractivity (Wildman–Crippen MR) is 68.2 cm³/mol.